The van der Waals surface area contributed by atoms with Gasteiger partial charge in [-0.05, 0) is 30.5 Å². The molecule has 1 aliphatic rings. The maximum Gasteiger partial charge on any atom is 0.326 e. The first-order valence-electron chi connectivity index (χ1n) is 8.92. The number of phenols is 1. The molecule has 1 aliphatic heterocycles. The minimum absolute atomic E-state index is 0.0857. The van der Waals surface area contributed by atoms with Crippen LogP contribution in [-0.4, -0.2) is 65.2 Å². The molecule has 2 amide bonds. The number of nitrogens with zero attached hydrogens (tertiary/aromatic N) is 1. The van der Waals surface area contributed by atoms with Crippen LogP contribution in [0.5, 0.6) is 5.75 Å². The van der Waals surface area contributed by atoms with E-state index in [2.05, 4.69) is 5.32 Å². The second-order valence-electron chi connectivity index (χ2n) is 6.81. The van der Waals surface area contributed by atoms with Crippen LogP contribution >= 0.6 is 0 Å². The number of methoxy groups -OCH3 is 1. The van der Waals surface area contributed by atoms with E-state index in [4.69, 9.17) is 4.74 Å². The van der Waals surface area contributed by atoms with E-state index in [1.54, 1.807) is 24.0 Å². The molecule has 8 heteroatoms. The van der Waals surface area contributed by atoms with Gasteiger partial charge in [0.1, 0.15) is 11.8 Å². The summed E-state index contributed by atoms with van der Waals surface area (Å²) in [5.74, 6) is -2.12. The number of aromatic hydroxyl groups is 1. The van der Waals surface area contributed by atoms with E-state index < -0.39 is 29.9 Å². The molecule has 0 aromatic heterocycles. The Bertz CT molecular complexity index is 663. The Balaban J connectivity index is 2.05. The fourth-order valence-electron chi connectivity index (χ4n) is 3.51. The fourth-order valence-corrected chi connectivity index (χ4v) is 3.51. The summed E-state index contributed by atoms with van der Waals surface area (Å²) in [6.45, 7) is 2.30. The summed E-state index contributed by atoms with van der Waals surface area (Å²) in [7, 11) is 1.49. The average Bonchev–Trinajstić information content (AvgIpc) is 3.11. The maximum atomic E-state index is 12.7. The highest BCUT2D eigenvalue weighted by molar-refractivity contribution is 5.85. The van der Waals surface area contributed by atoms with Gasteiger partial charge in [0.05, 0.1) is 18.1 Å². The molecule has 0 saturated carbocycles. The lowest BCUT2D eigenvalue weighted by Gasteiger charge is -2.32. The number of carboxylic acid groups (broad SMARTS) is 1. The van der Waals surface area contributed by atoms with Crippen LogP contribution in [0.15, 0.2) is 24.3 Å². The third-order valence-electron chi connectivity index (χ3n) is 5.03. The lowest BCUT2D eigenvalue weighted by molar-refractivity contribution is -0.144. The predicted octanol–water partition coefficient (Wildman–Crippen LogP) is 0.776. The average molecular weight is 378 g/mol. The van der Waals surface area contributed by atoms with Crippen molar-refractivity contribution in [3.8, 4) is 5.75 Å². The van der Waals surface area contributed by atoms with Gasteiger partial charge in [0.2, 0.25) is 12.3 Å². The Morgan fingerprint density at radius 3 is 2.59 bits per heavy atom. The smallest absolute Gasteiger partial charge is 0.326 e. The number of nitrogens with one attached hydrogen (secondary N) is 1. The first kappa shape index (κ1) is 20.7. The zero-order valence-electron chi connectivity index (χ0n) is 15.5. The lowest BCUT2D eigenvalue weighted by atomic mass is 9.94. The van der Waals surface area contributed by atoms with Crippen LogP contribution in [0.25, 0.3) is 0 Å². The van der Waals surface area contributed by atoms with Crippen molar-refractivity contribution in [3.63, 3.8) is 0 Å². The van der Waals surface area contributed by atoms with Crippen molar-refractivity contribution in [1.29, 1.82) is 0 Å². The summed E-state index contributed by atoms with van der Waals surface area (Å²) >= 11 is 0. The molecule has 1 aromatic carbocycles. The Morgan fingerprint density at radius 2 is 2.04 bits per heavy atom. The molecule has 4 atom stereocenters. The molecule has 4 unspecified atom stereocenters. The number of carbonyl (C=O) groups excluding carboxylic acids is 2. The molecular weight excluding hydrogens is 352 g/mol. The van der Waals surface area contributed by atoms with Gasteiger partial charge < -0.3 is 25.2 Å². The fraction of sp³-hybridized carbons (Fsp3) is 0.526. The van der Waals surface area contributed by atoms with Gasteiger partial charge in [-0.15, -0.1) is 0 Å². The topological polar surface area (TPSA) is 116 Å². The monoisotopic (exact) mass is 378 g/mol. The highest BCUT2D eigenvalue weighted by Gasteiger charge is 2.38. The molecule has 0 bridgehead atoms. The molecule has 1 aromatic rings. The summed E-state index contributed by atoms with van der Waals surface area (Å²) in [4.78, 5) is 37.1. The van der Waals surface area contributed by atoms with Crippen molar-refractivity contribution in [2.45, 2.75) is 44.4 Å². The minimum atomic E-state index is -1.15. The highest BCUT2D eigenvalue weighted by Crippen LogP contribution is 2.25. The van der Waals surface area contributed by atoms with Gasteiger partial charge in [0, 0.05) is 20.1 Å². The summed E-state index contributed by atoms with van der Waals surface area (Å²) in [5, 5.41) is 21.3. The van der Waals surface area contributed by atoms with E-state index in [1.165, 1.54) is 19.2 Å². The first-order chi connectivity index (χ1) is 12.9. The quantitative estimate of drug-likeness (QED) is 0.547. The van der Waals surface area contributed by atoms with Crippen LogP contribution in [0.2, 0.25) is 0 Å². The van der Waals surface area contributed by atoms with Gasteiger partial charge >= 0.3 is 5.97 Å². The number of aliphatic carboxylic acids is 1. The van der Waals surface area contributed by atoms with Crippen molar-refractivity contribution >= 4 is 18.3 Å². The van der Waals surface area contributed by atoms with Crippen molar-refractivity contribution < 1.29 is 29.3 Å². The SMILES string of the molecule is COC(C(C)C(=O)NC(Cc1ccc(O)cc1)C(=O)O)C1CCCN1C=O. The van der Waals surface area contributed by atoms with E-state index in [0.29, 0.717) is 12.1 Å². The molecule has 27 heavy (non-hydrogen) atoms. The Morgan fingerprint density at radius 1 is 1.37 bits per heavy atom. The van der Waals surface area contributed by atoms with Crippen molar-refractivity contribution in [2.75, 3.05) is 13.7 Å². The summed E-state index contributed by atoms with van der Waals surface area (Å²) in [5.41, 5.74) is 0.680. The van der Waals surface area contributed by atoms with Gasteiger partial charge in [-0.3, -0.25) is 9.59 Å². The van der Waals surface area contributed by atoms with E-state index in [1.807, 2.05) is 0 Å². The zero-order valence-corrected chi connectivity index (χ0v) is 15.5. The number of phenolic OH excluding ortho intramolecular Hbond substituents is 1. The van der Waals surface area contributed by atoms with Crippen LogP contribution in [0.1, 0.15) is 25.3 Å². The molecule has 3 N–H and O–H groups in total. The normalized spacial score (nSPS) is 19.9. The van der Waals surface area contributed by atoms with Gasteiger partial charge in [0.25, 0.3) is 0 Å². The molecule has 1 fully saturated rings. The number of carboxylic acids is 1. The Kier molecular flexibility index (Phi) is 7.18. The van der Waals surface area contributed by atoms with E-state index in [-0.39, 0.29) is 18.2 Å². The van der Waals surface area contributed by atoms with E-state index in [0.717, 1.165) is 19.3 Å². The molecule has 0 radical (unpaired) electrons. The number of hydrogen-bond acceptors (Lipinski definition) is 5. The molecule has 0 spiro atoms. The highest BCUT2D eigenvalue weighted by atomic mass is 16.5. The summed E-state index contributed by atoms with van der Waals surface area (Å²) in [6, 6.07) is 4.85. The number of hydrogen-bond donors (Lipinski definition) is 3. The van der Waals surface area contributed by atoms with Crippen molar-refractivity contribution in [3.05, 3.63) is 29.8 Å². The zero-order chi connectivity index (χ0) is 20.0. The van der Waals surface area contributed by atoms with Crippen molar-refractivity contribution in [2.24, 2.45) is 5.92 Å². The number of carbonyl (C=O) groups is 3. The summed E-state index contributed by atoms with van der Waals surface area (Å²) < 4.78 is 5.49. The minimum Gasteiger partial charge on any atom is -0.508 e. The third-order valence-corrected chi connectivity index (χ3v) is 5.03. The van der Waals surface area contributed by atoms with Gasteiger partial charge in [0.15, 0.2) is 0 Å². The molecule has 2 rings (SSSR count). The van der Waals surface area contributed by atoms with Gasteiger partial charge in [-0.2, -0.15) is 0 Å². The number of amides is 2. The molecule has 0 aliphatic carbocycles. The van der Waals surface area contributed by atoms with Gasteiger partial charge in [-0.1, -0.05) is 19.1 Å². The lowest BCUT2D eigenvalue weighted by Crippen LogP contribution is -2.51. The summed E-state index contributed by atoms with van der Waals surface area (Å²) in [6.07, 6.45) is 1.93. The Hall–Kier alpha value is -2.61. The van der Waals surface area contributed by atoms with Crippen LogP contribution in [0, 0.1) is 5.92 Å². The number of benzene rings is 1. The van der Waals surface area contributed by atoms with Gasteiger partial charge in [-0.25, -0.2) is 4.79 Å². The first-order valence-corrected chi connectivity index (χ1v) is 8.92. The van der Waals surface area contributed by atoms with Crippen LogP contribution < -0.4 is 5.32 Å². The Labute approximate surface area is 158 Å². The van der Waals surface area contributed by atoms with E-state index in [9.17, 15) is 24.6 Å². The second kappa shape index (κ2) is 9.36. The second-order valence-corrected chi connectivity index (χ2v) is 6.81. The molecule has 1 saturated heterocycles. The largest absolute Gasteiger partial charge is 0.508 e. The van der Waals surface area contributed by atoms with Crippen LogP contribution in [0.4, 0.5) is 0 Å². The number of rotatable bonds is 9. The molecule has 148 valence electrons. The number of likely N-dealkylation sites (tertiary alicyclic amines) is 1. The standard InChI is InChI=1S/C19H26N2O6/c1-12(17(27-2)16-4-3-9-21(16)11-22)18(24)20-15(19(25)26)10-13-5-7-14(23)8-6-13/h5-8,11-12,15-17,23H,3-4,9-10H2,1-2H3,(H,20,24)(H,25,26). The molecule has 8 nitrogen and oxygen atoms in total. The van der Waals surface area contributed by atoms with E-state index >= 15 is 0 Å². The predicted molar refractivity (Wildman–Crippen MR) is 97.1 cm³/mol. The number of ether oxygens (including phenoxy) is 1. The maximum absolute atomic E-state index is 12.7. The van der Waals surface area contributed by atoms with Crippen LogP contribution in [0.3, 0.4) is 0 Å². The third kappa shape index (κ3) is 5.19. The van der Waals surface area contributed by atoms with Crippen LogP contribution in [-0.2, 0) is 25.5 Å². The molecular formula is C19H26N2O6. The molecule has 1 heterocycles. The van der Waals surface area contributed by atoms with Crippen molar-refractivity contribution in [1.82, 2.24) is 10.2 Å².